The highest BCUT2D eigenvalue weighted by Gasteiger charge is 2.45. The molecule has 0 aromatic carbocycles. The van der Waals surface area contributed by atoms with Gasteiger partial charge in [0.2, 0.25) is 0 Å². The molecular formula is C12H21NO2. The molecule has 1 spiro atoms. The lowest BCUT2D eigenvalue weighted by atomic mass is 9.78. The van der Waals surface area contributed by atoms with Crippen LogP contribution in [0.15, 0.2) is 0 Å². The van der Waals surface area contributed by atoms with E-state index in [1.54, 1.807) is 0 Å². The van der Waals surface area contributed by atoms with Gasteiger partial charge in [-0.25, -0.2) is 0 Å². The lowest BCUT2D eigenvalue weighted by Gasteiger charge is -2.49. The third kappa shape index (κ3) is 2.17. The Morgan fingerprint density at radius 1 is 1.40 bits per heavy atom. The maximum Gasteiger partial charge on any atom is 0.307 e. The first-order valence-electron chi connectivity index (χ1n) is 6.10. The van der Waals surface area contributed by atoms with Crippen molar-refractivity contribution in [2.24, 2.45) is 11.3 Å². The Labute approximate surface area is 91.5 Å². The van der Waals surface area contributed by atoms with Gasteiger partial charge in [-0.1, -0.05) is 19.8 Å². The van der Waals surface area contributed by atoms with E-state index in [0.29, 0.717) is 5.41 Å². The van der Waals surface area contributed by atoms with Crippen LogP contribution in [0.1, 0.15) is 39.0 Å². The molecule has 0 aromatic rings. The number of aliphatic carboxylic acids is 1. The first kappa shape index (κ1) is 10.9. The zero-order valence-electron chi connectivity index (χ0n) is 9.54. The fraction of sp³-hybridized carbons (Fsp3) is 0.917. The molecule has 1 heterocycles. The second-order valence-corrected chi connectivity index (χ2v) is 5.32. The van der Waals surface area contributed by atoms with Crippen LogP contribution in [-0.2, 0) is 4.79 Å². The van der Waals surface area contributed by atoms with Gasteiger partial charge in [0.15, 0.2) is 0 Å². The standard InChI is InChI=1S/C12H21NO2/c1-2-10(11(14)15)7-13-8-12(9-13)5-3-4-6-12/h10H,2-9H2,1H3,(H,14,15). The number of carbonyl (C=O) groups is 1. The predicted octanol–water partition coefficient (Wildman–Crippen LogP) is 1.97. The molecule has 1 saturated heterocycles. The summed E-state index contributed by atoms with van der Waals surface area (Å²) >= 11 is 0. The van der Waals surface area contributed by atoms with Crippen LogP contribution in [0.3, 0.4) is 0 Å². The predicted molar refractivity (Wildman–Crippen MR) is 58.8 cm³/mol. The smallest absolute Gasteiger partial charge is 0.307 e. The summed E-state index contributed by atoms with van der Waals surface area (Å²) in [7, 11) is 0. The number of likely N-dealkylation sites (tertiary alicyclic amines) is 1. The van der Waals surface area contributed by atoms with Crippen LogP contribution < -0.4 is 0 Å². The molecule has 3 nitrogen and oxygen atoms in total. The summed E-state index contributed by atoms with van der Waals surface area (Å²) < 4.78 is 0. The number of rotatable bonds is 4. The highest BCUT2D eigenvalue weighted by Crippen LogP contribution is 2.45. The maximum atomic E-state index is 10.9. The van der Waals surface area contributed by atoms with E-state index in [1.165, 1.54) is 25.7 Å². The normalized spacial score (nSPS) is 26.5. The van der Waals surface area contributed by atoms with Crippen molar-refractivity contribution < 1.29 is 9.90 Å². The van der Waals surface area contributed by atoms with Crippen molar-refractivity contribution in [3.05, 3.63) is 0 Å². The summed E-state index contributed by atoms with van der Waals surface area (Å²) in [6.07, 6.45) is 6.24. The topological polar surface area (TPSA) is 40.5 Å². The first-order chi connectivity index (χ1) is 7.15. The van der Waals surface area contributed by atoms with E-state index in [1.807, 2.05) is 6.92 Å². The molecule has 0 amide bonds. The van der Waals surface area contributed by atoms with Gasteiger partial charge in [-0.3, -0.25) is 4.79 Å². The van der Waals surface area contributed by atoms with Gasteiger partial charge in [-0.2, -0.15) is 0 Å². The molecule has 1 N–H and O–H groups in total. The zero-order chi connectivity index (χ0) is 10.9. The minimum absolute atomic E-state index is 0.163. The van der Waals surface area contributed by atoms with Crippen LogP contribution in [0.4, 0.5) is 0 Å². The van der Waals surface area contributed by atoms with Crippen molar-refractivity contribution in [1.82, 2.24) is 4.90 Å². The van der Waals surface area contributed by atoms with E-state index in [0.717, 1.165) is 26.1 Å². The van der Waals surface area contributed by atoms with E-state index in [2.05, 4.69) is 4.90 Å². The molecule has 2 aliphatic rings. The molecule has 3 heteroatoms. The Bertz CT molecular complexity index is 238. The Morgan fingerprint density at radius 3 is 2.47 bits per heavy atom. The summed E-state index contributed by atoms with van der Waals surface area (Å²) in [5, 5.41) is 8.97. The molecule has 1 aliphatic carbocycles. The van der Waals surface area contributed by atoms with Crippen molar-refractivity contribution in [3.63, 3.8) is 0 Å². The van der Waals surface area contributed by atoms with Crippen LogP contribution >= 0.6 is 0 Å². The molecule has 1 atom stereocenters. The molecule has 86 valence electrons. The fourth-order valence-corrected chi connectivity index (χ4v) is 3.17. The molecule has 0 radical (unpaired) electrons. The van der Waals surface area contributed by atoms with Gasteiger partial charge in [0.25, 0.3) is 0 Å². The summed E-state index contributed by atoms with van der Waals surface area (Å²) in [5.41, 5.74) is 0.594. The van der Waals surface area contributed by atoms with Crippen LogP contribution in [-0.4, -0.2) is 35.6 Å². The SMILES string of the molecule is CCC(CN1CC2(CCCC2)C1)C(=O)O. The average Bonchev–Trinajstić information content (AvgIpc) is 2.60. The summed E-state index contributed by atoms with van der Waals surface area (Å²) in [6.45, 7) is 5.02. The number of hydrogen-bond acceptors (Lipinski definition) is 2. The molecule has 2 fully saturated rings. The van der Waals surface area contributed by atoms with Gasteiger partial charge >= 0.3 is 5.97 Å². The molecule has 1 saturated carbocycles. The largest absolute Gasteiger partial charge is 0.481 e. The Kier molecular flexibility index (Phi) is 3.01. The fourth-order valence-electron chi connectivity index (χ4n) is 3.17. The summed E-state index contributed by atoms with van der Waals surface area (Å²) in [4.78, 5) is 13.2. The van der Waals surface area contributed by atoms with E-state index < -0.39 is 5.97 Å². The number of carboxylic acids is 1. The van der Waals surface area contributed by atoms with Crippen LogP contribution in [0, 0.1) is 11.3 Å². The van der Waals surface area contributed by atoms with Gasteiger partial charge < -0.3 is 10.0 Å². The second kappa shape index (κ2) is 4.12. The minimum atomic E-state index is -0.634. The van der Waals surface area contributed by atoms with Crippen molar-refractivity contribution >= 4 is 5.97 Å². The van der Waals surface area contributed by atoms with Gasteiger partial charge in [-0.15, -0.1) is 0 Å². The Morgan fingerprint density at radius 2 is 2.00 bits per heavy atom. The van der Waals surface area contributed by atoms with Crippen molar-refractivity contribution in [3.8, 4) is 0 Å². The maximum absolute atomic E-state index is 10.9. The number of hydrogen-bond donors (Lipinski definition) is 1. The quantitative estimate of drug-likeness (QED) is 0.773. The van der Waals surface area contributed by atoms with Crippen LogP contribution in [0.25, 0.3) is 0 Å². The first-order valence-corrected chi connectivity index (χ1v) is 6.10. The lowest BCUT2D eigenvalue weighted by Crippen LogP contribution is -2.56. The molecule has 0 bridgehead atoms. The van der Waals surface area contributed by atoms with Gasteiger partial charge in [-0.05, 0) is 24.7 Å². The number of nitrogens with zero attached hydrogens (tertiary/aromatic N) is 1. The highest BCUT2D eigenvalue weighted by molar-refractivity contribution is 5.70. The van der Waals surface area contributed by atoms with Crippen LogP contribution in [0.2, 0.25) is 0 Å². The Hall–Kier alpha value is -0.570. The molecule has 2 rings (SSSR count). The molecule has 1 aliphatic heterocycles. The second-order valence-electron chi connectivity index (χ2n) is 5.32. The van der Waals surface area contributed by atoms with Gasteiger partial charge in [0.1, 0.15) is 0 Å². The third-order valence-corrected chi connectivity index (χ3v) is 4.10. The van der Waals surface area contributed by atoms with E-state index in [4.69, 9.17) is 5.11 Å². The molecule has 0 aromatic heterocycles. The Balaban J connectivity index is 1.77. The van der Waals surface area contributed by atoms with Crippen molar-refractivity contribution in [2.45, 2.75) is 39.0 Å². The molecule has 1 unspecified atom stereocenters. The lowest BCUT2D eigenvalue weighted by molar-refractivity contribution is -0.144. The van der Waals surface area contributed by atoms with Crippen molar-refractivity contribution in [1.29, 1.82) is 0 Å². The van der Waals surface area contributed by atoms with E-state index in [9.17, 15) is 4.79 Å². The highest BCUT2D eigenvalue weighted by atomic mass is 16.4. The molecule has 15 heavy (non-hydrogen) atoms. The van der Waals surface area contributed by atoms with Crippen molar-refractivity contribution in [2.75, 3.05) is 19.6 Å². The summed E-state index contributed by atoms with van der Waals surface area (Å²) in [5.74, 6) is -0.798. The number of carboxylic acid groups (broad SMARTS) is 1. The zero-order valence-corrected chi connectivity index (χ0v) is 9.54. The van der Waals surface area contributed by atoms with Crippen LogP contribution in [0.5, 0.6) is 0 Å². The minimum Gasteiger partial charge on any atom is -0.481 e. The monoisotopic (exact) mass is 211 g/mol. The molecular weight excluding hydrogens is 190 g/mol. The van der Waals surface area contributed by atoms with Gasteiger partial charge in [0, 0.05) is 19.6 Å². The average molecular weight is 211 g/mol. The summed E-state index contributed by atoms with van der Waals surface area (Å²) in [6, 6.07) is 0. The van der Waals surface area contributed by atoms with E-state index >= 15 is 0 Å². The van der Waals surface area contributed by atoms with E-state index in [-0.39, 0.29) is 5.92 Å². The third-order valence-electron chi connectivity index (χ3n) is 4.10. The van der Waals surface area contributed by atoms with Gasteiger partial charge in [0.05, 0.1) is 5.92 Å².